The average Bonchev–Trinajstić information content (AvgIpc) is 3.28. The first-order valence-corrected chi connectivity index (χ1v) is 24.1. The number of carboxylic acid groups (broad SMARTS) is 1. The molecule has 8 rings (SSSR count). The van der Waals surface area contributed by atoms with Gasteiger partial charge in [0, 0.05) is 0 Å². The van der Waals surface area contributed by atoms with E-state index in [4.69, 9.17) is 33.2 Å². The zero-order chi connectivity index (χ0) is 49.0. The minimum atomic E-state index is -2.11. The van der Waals surface area contributed by atoms with Crippen LogP contribution in [0.3, 0.4) is 0 Å². The Bertz CT molecular complexity index is 1900. The van der Waals surface area contributed by atoms with E-state index in [-0.39, 0.29) is 46.4 Å². The monoisotopic (exact) mass is 954 g/mol. The van der Waals surface area contributed by atoms with Crippen LogP contribution in [0.15, 0.2) is 11.6 Å². The second kappa shape index (κ2) is 18.1. The molecule has 8 aliphatic rings. The van der Waals surface area contributed by atoms with Crippen LogP contribution < -0.4 is 0 Å². The molecule has 0 aromatic heterocycles. The number of aldehydes is 1. The van der Waals surface area contributed by atoms with Crippen LogP contribution in [-0.2, 0) is 47.5 Å². The molecular weight excluding hydrogens is 881 g/mol. The van der Waals surface area contributed by atoms with Crippen molar-refractivity contribution in [1.29, 1.82) is 0 Å². The zero-order valence-electron chi connectivity index (χ0n) is 39.6. The van der Waals surface area contributed by atoms with E-state index in [1.54, 1.807) is 0 Å². The van der Waals surface area contributed by atoms with Gasteiger partial charge in [-0.1, -0.05) is 53.2 Å². The molecule has 3 aliphatic heterocycles. The van der Waals surface area contributed by atoms with Crippen LogP contribution in [0, 0.1) is 50.2 Å². The van der Waals surface area contributed by atoms with Gasteiger partial charge in [-0.15, -0.1) is 0 Å². The minimum Gasteiger partial charge on any atom is -0.479 e. The number of carbonyl (C=O) groups excluding carboxylic acids is 2. The number of hydrogen-bond donors (Lipinski definition) is 9. The van der Waals surface area contributed by atoms with E-state index >= 15 is 0 Å². The van der Waals surface area contributed by atoms with Crippen LogP contribution in [0.2, 0.25) is 0 Å². The fourth-order valence-electron chi connectivity index (χ4n) is 14.9. The number of fused-ring (bicyclic) bond motifs is 7. The first kappa shape index (κ1) is 51.2. The third-order valence-electron chi connectivity index (χ3n) is 19.1. The third kappa shape index (κ3) is 7.97. The zero-order valence-corrected chi connectivity index (χ0v) is 39.6. The predicted molar refractivity (Wildman–Crippen MR) is 230 cm³/mol. The van der Waals surface area contributed by atoms with Crippen molar-refractivity contribution in [2.45, 2.75) is 198 Å². The number of ether oxygens (including phenoxy) is 7. The molecule has 19 heteroatoms. The van der Waals surface area contributed by atoms with E-state index in [0.717, 1.165) is 51.2 Å². The molecule has 0 radical (unpaired) electrons. The van der Waals surface area contributed by atoms with Crippen LogP contribution in [0.1, 0.15) is 106 Å². The Morgan fingerprint density at radius 1 is 0.746 bits per heavy atom. The summed E-state index contributed by atoms with van der Waals surface area (Å²) in [7, 11) is 1.49. The van der Waals surface area contributed by atoms with Gasteiger partial charge in [0.2, 0.25) is 0 Å². The van der Waals surface area contributed by atoms with Gasteiger partial charge in [-0.05, 0) is 104 Å². The fraction of sp³-hybridized carbons (Fsp3) is 0.896. The Morgan fingerprint density at radius 3 is 2.07 bits per heavy atom. The summed E-state index contributed by atoms with van der Waals surface area (Å²) in [5, 5.41) is 95.7. The van der Waals surface area contributed by atoms with Crippen LogP contribution in [0.5, 0.6) is 0 Å². The Morgan fingerprint density at radius 2 is 1.42 bits per heavy atom. The highest BCUT2D eigenvalue weighted by molar-refractivity contribution is 5.78. The lowest BCUT2D eigenvalue weighted by Crippen LogP contribution is -2.68. The molecule has 0 aromatic rings. The molecule has 0 bridgehead atoms. The molecule has 67 heavy (non-hydrogen) atoms. The topological polar surface area (TPSA) is 298 Å². The van der Waals surface area contributed by atoms with Crippen LogP contribution in [0.25, 0.3) is 0 Å². The van der Waals surface area contributed by atoms with E-state index in [1.165, 1.54) is 12.7 Å². The molecule has 7 fully saturated rings. The summed E-state index contributed by atoms with van der Waals surface area (Å²) in [6.07, 6.45) is -16.1. The Kier molecular flexibility index (Phi) is 13.8. The second-order valence-electron chi connectivity index (χ2n) is 22.9. The van der Waals surface area contributed by atoms with Crippen molar-refractivity contribution < 1.29 is 93.5 Å². The van der Waals surface area contributed by atoms with Gasteiger partial charge in [-0.2, -0.15) is 0 Å². The van der Waals surface area contributed by atoms with Gasteiger partial charge in [0.1, 0.15) is 67.3 Å². The minimum absolute atomic E-state index is 0.0503. The average molecular weight is 955 g/mol. The maximum Gasteiger partial charge on any atom is 0.335 e. The van der Waals surface area contributed by atoms with E-state index in [1.807, 2.05) is 6.92 Å². The molecule has 9 N–H and O–H groups in total. The Labute approximate surface area is 391 Å². The first-order valence-electron chi connectivity index (χ1n) is 24.1. The lowest BCUT2D eigenvalue weighted by molar-refractivity contribution is -0.391. The molecule has 5 aliphatic carbocycles. The van der Waals surface area contributed by atoms with E-state index < -0.39 is 128 Å². The molecule has 380 valence electrons. The van der Waals surface area contributed by atoms with Crippen molar-refractivity contribution in [3.8, 4) is 0 Å². The van der Waals surface area contributed by atoms with Crippen LogP contribution in [0.4, 0.5) is 0 Å². The number of aliphatic hydroxyl groups is 8. The highest BCUT2D eigenvalue weighted by atomic mass is 16.8. The van der Waals surface area contributed by atoms with Gasteiger partial charge in [-0.25, -0.2) is 4.79 Å². The van der Waals surface area contributed by atoms with E-state index in [9.17, 15) is 60.3 Å². The van der Waals surface area contributed by atoms with Crippen LogP contribution in [-0.4, -0.2) is 177 Å². The Balaban J connectivity index is 1.12. The Hall–Kier alpha value is -2.21. The smallest absolute Gasteiger partial charge is 0.335 e. The molecule has 3 saturated heterocycles. The number of carboxylic acids is 1. The number of hydrogen-bond acceptors (Lipinski definition) is 18. The first-order chi connectivity index (χ1) is 31.4. The number of esters is 1. The number of methoxy groups -OCH3 is 1. The maximum atomic E-state index is 13.8. The second-order valence-corrected chi connectivity index (χ2v) is 22.9. The standard InChI is InChI=1S/C48H74O19/c1-43(2)14-16-48(42(60)61-7)17-15-46(5)22(23(48)18-43)8-9-27-44(3)12-11-28(45(4,21-50)26(44)10-13-47(27,46)6)64-41-37(67-40-33(56)31(54)30(53)25(19-49)63-40)35(34(57)36(66-41)38(58)59)65-39-32(55)29(52)24(51)20-62-39/h8,21,23-37,39-41,49,51-57H,9-20H2,1-7H3,(H,58,59). The summed E-state index contributed by atoms with van der Waals surface area (Å²) < 4.78 is 41.6. The van der Waals surface area contributed by atoms with E-state index in [2.05, 4.69) is 40.7 Å². The molecule has 19 nitrogen and oxygen atoms in total. The summed E-state index contributed by atoms with van der Waals surface area (Å²) in [6.45, 7) is 12.1. The van der Waals surface area contributed by atoms with Crippen molar-refractivity contribution in [2.75, 3.05) is 20.3 Å². The van der Waals surface area contributed by atoms with Gasteiger partial charge in [0.15, 0.2) is 25.0 Å². The number of allylic oxidation sites excluding steroid dienone is 2. The van der Waals surface area contributed by atoms with E-state index in [0.29, 0.717) is 12.8 Å². The quantitative estimate of drug-likeness (QED) is 0.0630. The molecular formula is C48H74O19. The van der Waals surface area contributed by atoms with Gasteiger partial charge in [0.05, 0.1) is 37.3 Å². The summed E-state index contributed by atoms with van der Waals surface area (Å²) in [5.74, 6) is -1.84. The third-order valence-corrected chi connectivity index (χ3v) is 19.1. The van der Waals surface area contributed by atoms with Gasteiger partial charge in [-0.3, -0.25) is 4.79 Å². The van der Waals surface area contributed by atoms with Crippen LogP contribution >= 0.6 is 0 Å². The summed E-state index contributed by atoms with van der Waals surface area (Å²) in [4.78, 5) is 40.4. The van der Waals surface area contributed by atoms with Crippen molar-refractivity contribution in [2.24, 2.45) is 50.2 Å². The lowest BCUT2D eigenvalue weighted by Gasteiger charge is -2.71. The van der Waals surface area contributed by atoms with Gasteiger partial charge < -0.3 is 83.9 Å². The highest BCUT2D eigenvalue weighted by Gasteiger charge is 2.70. The summed E-state index contributed by atoms with van der Waals surface area (Å²) in [6, 6.07) is 0. The fourth-order valence-corrected chi connectivity index (χ4v) is 14.9. The van der Waals surface area contributed by atoms with Gasteiger partial charge in [0.25, 0.3) is 0 Å². The predicted octanol–water partition coefficient (Wildman–Crippen LogP) is 0.705. The number of rotatable bonds is 10. The summed E-state index contributed by atoms with van der Waals surface area (Å²) in [5.41, 5.74) is -1.21. The van der Waals surface area contributed by atoms with Crippen molar-refractivity contribution in [3.63, 3.8) is 0 Å². The molecule has 4 saturated carbocycles. The molecule has 0 aromatic carbocycles. The van der Waals surface area contributed by atoms with Crippen molar-refractivity contribution >= 4 is 18.2 Å². The maximum absolute atomic E-state index is 13.8. The van der Waals surface area contributed by atoms with Gasteiger partial charge >= 0.3 is 11.9 Å². The lowest BCUT2D eigenvalue weighted by atomic mass is 9.33. The largest absolute Gasteiger partial charge is 0.479 e. The molecule has 23 atom stereocenters. The summed E-state index contributed by atoms with van der Waals surface area (Å²) >= 11 is 0. The molecule has 23 unspecified atom stereocenters. The highest BCUT2D eigenvalue weighted by Crippen LogP contribution is 2.76. The molecule has 0 amide bonds. The number of aliphatic carboxylic acids is 1. The SMILES string of the molecule is COC(=O)C12CCC(C)(C)CC1C1=CCC3C4(C)CCC(OC5OC(C(=O)O)C(O)C(OC6OCC(O)C(O)C6O)C5OC5OC(CO)C(O)C(O)C5O)C(C)(C=O)C4CCC3(C)C1(C)CC2. The van der Waals surface area contributed by atoms with Crippen molar-refractivity contribution in [1.82, 2.24) is 0 Å². The number of carbonyl (C=O) groups is 3. The van der Waals surface area contributed by atoms with Crippen molar-refractivity contribution in [3.05, 3.63) is 11.6 Å². The molecule has 3 heterocycles. The molecule has 0 spiro atoms. The number of aliphatic hydroxyl groups excluding tert-OH is 8. The normalized spacial score (nSPS) is 52.9.